The number of hydrogen-bond acceptors (Lipinski definition) is 4. The van der Waals surface area contributed by atoms with Crippen LogP contribution in [0.5, 0.6) is 5.75 Å². The van der Waals surface area contributed by atoms with Crippen LogP contribution in [0.25, 0.3) is 5.76 Å². The molecule has 1 atom stereocenters. The Morgan fingerprint density at radius 2 is 1.62 bits per heavy atom. The number of rotatable bonds is 5. The van der Waals surface area contributed by atoms with E-state index in [0.29, 0.717) is 22.6 Å². The Morgan fingerprint density at radius 3 is 2.24 bits per heavy atom. The standard InChI is InChI=1S/C28H26BrNO4/c1-16(2)34-23-7-5-6-20(15-23)25-24(26(31)19-8-10-21(29)11-9-19)27(32)28(33)30(25)22-13-17(3)12-18(4)14-22/h5-16,25,31H,1-4H3/b26-24+. The van der Waals surface area contributed by atoms with E-state index in [1.54, 1.807) is 24.3 Å². The number of carbonyl (C=O) groups excluding carboxylic acids is 2. The van der Waals surface area contributed by atoms with Crippen LogP contribution < -0.4 is 9.64 Å². The Morgan fingerprint density at radius 1 is 0.971 bits per heavy atom. The fourth-order valence-electron chi connectivity index (χ4n) is 4.30. The van der Waals surface area contributed by atoms with Gasteiger partial charge in [0.1, 0.15) is 11.5 Å². The number of carbonyl (C=O) groups is 2. The molecule has 1 heterocycles. The maximum absolute atomic E-state index is 13.4. The van der Waals surface area contributed by atoms with Gasteiger partial charge >= 0.3 is 0 Å². The molecule has 0 aromatic heterocycles. The molecule has 5 nitrogen and oxygen atoms in total. The maximum atomic E-state index is 13.4. The molecule has 174 valence electrons. The molecule has 6 heteroatoms. The van der Waals surface area contributed by atoms with E-state index in [9.17, 15) is 14.7 Å². The third kappa shape index (κ3) is 4.64. The van der Waals surface area contributed by atoms with Crippen LogP contribution in [0.2, 0.25) is 0 Å². The van der Waals surface area contributed by atoms with Crippen molar-refractivity contribution in [2.75, 3.05) is 4.90 Å². The average molecular weight is 520 g/mol. The van der Waals surface area contributed by atoms with Gasteiger partial charge in [0.25, 0.3) is 11.7 Å². The highest BCUT2D eigenvalue weighted by Gasteiger charge is 2.47. The Labute approximate surface area is 207 Å². The van der Waals surface area contributed by atoms with Crippen molar-refractivity contribution in [3.05, 3.63) is 99.0 Å². The van der Waals surface area contributed by atoms with Crippen molar-refractivity contribution in [2.24, 2.45) is 0 Å². The van der Waals surface area contributed by atoms with E-state index in [1.807, 2.05) is 70.2 Å². The minimum atomic E-state index is -0.805. The highest BCUT2D eigenvalue weighted by molar-refractivity contribution is 9.10. The zero-order valence-electron chi connectivity index (χ0n) is 19.5. The molecule has 0 bridgehead atoms. The van der Waals surface area contributed by atoms with Gasteiger partial charge in [-0.25, -0.2) is 0 Å². The van der Waals surface area contributed by atoms with Crippen molar-refractivity contribution in [1.82, 2.24) is 0 Å². The number of benzene rings is 3. The van der Waals surface area contributed by atoms with Crippen molar-refractivity contribution in [1.29, 1.82) is 0 Å². The van der Waals surface area contributed by atoms with Gasteiger partial charge in [0.05, 0.1) is 17.7 Å². The van der Waals surface area contributed by atoms with Crippen molar-refractivity contribution < 1.29 is 19.4 Å². The van der Waals surface area contributed by atoms with Crippen LogP contribution in [0.1, 0.15) is 42.1 Å². The molecule has 34 heavy (non-hydrogen) atoms. The first-order valence-corrected chi connectivity index (χ1v) is 11.9. The second-order valence-electron chi connectivity index (χ2n) is 8.76. The molecule has 1 N–H and O–H groups in total. The third-order valence-electron chi connectivity index (χ3n) is 5.59. The number of amides is 1. The summed E-state index contributed by atoms with van der Waals surface area (Å²) in [5.41, 5.74) is 3.74. The minimum absolute atomic E-state index is 0.0381. The molecule has 1 saturated heterocycles. The van der Waals surface area contributed by atoms with E-state index < -0.39 is 17.7 Å². The minimum Gasteiger partial charge on any atom is -0.507 e. The molecule has 0 saturated carbocycles. The third-order valence-corrected chi connectivity index (χ3v) is 6.12. The van der Waals surface area contributed by atoms with Crippen molar-refractivity contribution in [3.8, 4) is 5.75 Å². The molecule has 1 amide bonds. The van der Waals surface area contributed by atoms with E-state index in [-0.39, 0.29) is 17.4 Å². The fraction of sp³-hybridized carbons (Fsp3) is 0.214. The van der Waals surface area contributed by atoms with Gasteiger partial charge in [0.15, 0.2) is 0 Å². The van der Waals surface area contributed by atoms with Crippen LogP contribution in [-0.4, -0.2) is 22.9 Å². The second-order valence-corrected chi connectivity index (χ2v) is 9.68. The molecular formula is C28H26BrNO4. The van der Waals surface area contributed by atoms with Gasteiger partial charge in [-0.1, -0.05) is 46.3 Å². The number of aliphatic hydroxyl groups is 1. The molecule has 0 spiro atoms. The molecule has 0 aliphatic carbocycles. The van der Waals surface area contributed by atoms with Crippen molar-refractivity contribution in [2.45, 2.75) is 39.8 Å². The lowest BCUT2D eigenvalue weighted by atomic mass is 9.94. The number of aliphatic hydroxyl groups excluding tert-OH is 1. The number of hydrogen-bond donors (Lipinski definition) is 1. The van der Waals surface area contributed by atoms with Gasteiger partial charge in [-0.15, -0.1) is 0 Å². The van der Waals surface area contributed by atoms with Crippen LogP contribution >= 0.6 is 15.9 Å². The largest absolute Gasteiger partial charge is 0.507 e. The monoisotopic (exact) mass is 519 g/mol. The number of ketones is 1. The molecule has 0 radical (unpaired) electrons. The Bertz CT molecular complexity index is 1270. The molecule has 1 aliphatic heterocycles. The quantitative estimate of drug-likeness (QED) is 0.238. The van der Waals surface area contributed by atoms with Gasteiger partial charge in [-0.3, -0.25) is 14.5 Å². The summed E-state index contributed by atoms with van der Waals surface area (Å²) in [6, 6.07) is 19.2. The zero-order valence-corrected chi connectivity index (χ0v) is 21.1. The second kappa shape index (κ2) is 9.47. The number of aryl methyl sites for hydroxylation is 2. The fourth-order valence-corrected chi connectivity index (χ4v) is 4.56. The van der Waals surface area contributed by atoms with E-state index in [1.165, 1.54) is 4.90 Å². The van der Waals surface area contributed by atoms with Gasteiger partial charge in [0, 0.05) is 15.7 Å². The summed E-state index contributed by atoms with van der Waals surface area (Å²) in [5, 5.41) is 11.3. The molecule has 1 unspecified atom stereocenters. The van der Waals surface area contributed by atoms with E-state index in [4.69, 9.17) is 4.74 Å². The van der Waals surface area contributed by atoms with Gasteiger partial charge < -0.3 is 9.84 Å². The molecular weight excluding hydrogens is 494 g/mol. The maximum Gasteiger partial charge on any atom is 0.300 e. The Hall–Kier alpha value is -3.38. The molecule has 3 aromatic carbocycles. The Kier molecular flexibility index (Phi) is 6.62. The lowest BCUT2D eigenvalue weighted by Gasteiger charge is -2.26. The summed E-state index contributed by atoms with van der Waals surface area (Å²) in [6.07, 6.45) is -0.0381. The smallest absolute Gasteiger partial charge is 0.300 e. The van der Waals surface area contributed by atoms with Crippen LogP contribution in [0.15, 0.2) is 76.8 Å². The first-order chi connectivity index (χ1) is 16.2. The van der Waals surface area contributed by atoms with Crippen molar-refractivity contribution >= 4 is 39.1 Å². The van der Waals surface area contributed by atoms with Crippen molar-refractivity contribution in [3.63, 3.8) is 0 Å². The number of halogens is 1. The first-order valence-electron chi connectivity index (χ1n) is 11.1. The number of ether oxygens (including phenoxy) is 1. The summed E-state index contributed by atoms with van der Waals surface area (Å²) in [5.74, 6) is -0.983. The van der Waals surface area contributed by atoms with E-state index in [0.717, 1.165) is 15.6 Å². The highest BCUT2D eigenvalue weighted by atomic mass is 79.9. The zero-order chi connectivity index (χ0) is 24.6. The average Bonchev–Trinajstić information content (AvgIpc) is 3.03. The molecule has 4 rings (SSSR count). The van der Waals surface area contributed by atoms with E-state index >= 15 is 0 Å². The summed E-state index contributed by atoms with van der Waals surface area (Å²) in [6.45, 7) is 7.76. The molecule has 3 aromatic rings. The number of Topliss-reactive ketones (excluding diaryl/α,β-unsaturated/α-hetero) is 1. The predicted octanol–water partition coefficient (Wildman–Crippen LogP) is 6.48. The van der Waals surface area contributed by atoms with Gasteiger partial charge in [-0.05, 0) is 80.8 Å². The Balaban J connectivity index is 1.95. The topological polar surface area (TPSA) is 66.8 Å². The van der Waals surface area contributed by atoms with Crippen LogP contribution in [0.4, 0.5) is 5.69 Å². The lowest BCUT2D eigenvalue weighted by molar-refractivity contribution is -0.132. The summed E-state index contributed by atoms with van der Waals surface area (Å²) >= 11 is 3.39. The summed E-state index contributed by atoms with van der Waals surface area (Å²) in [4.78, 5) is 28.2. The van der Waals surface area contributed by atoms with Crippen LogP contribution in [0, 0.1) is 13.8 Å². The predicted molar refractivity (Wildman–Crippen MR) is 137 cm³/mol. The first kappa shape index (κ1) is 23.8. The van der Waals surface area contributed by atoms with Gasteiger partial charge in [0.2, 0.25) is 0 Å². The number of nitrogens with zero attached hydrogens (tertiary/aromatic N) is 1. The summed E-state index contributed by atoms with van der Waals surface area (Å²) in [7, 11) is 0. The normalized spacial score (nSPS) is 17.5. The summed E-state index contributed by atoms with van der Waals surface area (Å²) < 4.78 is 6.71. The SMILES string of the molecule is Cc1cc(C)cc(N2C(=O)C(=O)/C(=C(/O)c3ccc(Br)cc3)C2c2cccc(OC(C)C)c2)c1. The molecule has 1 fully saturated rings. The lowest BCUT2D eigenvalue weighted by Crippen LogP contribution is -2.29. The van der Waals surface area contributed by atoms with Crippen LogP contribution in [0.3, 0.4) is 0 Å². The van der Waals surface area contributed by atoms with Crippen LogP contribution in [-0.2, 0) is 9.59 Å². The van der Waals surface area contributed by atoms with E-state index in [2.05, 4.69) is 15.9 Å². The number of anilines is 1. The van der Waals surface area contributed by atoms with Gasteiger partial charge in [-0.2, -0.15) is 0 Å². The highest BCUT2D eigenvalue weighted by Crippen LogP contribution is 2.43. The molecule has 1 aliphatic rings.